The third-order valence-electron chi connectivity index (χ3n) is 5.87. The number of sulfonamides is 1. The summed E-state index contributed by atoms with van der Waals surface area (Å²) in [4.78, 5) is 29.8. The summed E-state index contributed by atoms with van der Waals surface area (Å²) in [5.74, 6) is 0.0131. The highest BCUT2D eigenvalue weighted by Crippen LogP contribution is 2.30. The fourth-order valence-corrected chi connectivity index (χ4v) is 5.06. The molecule has 2 fully saturated rings. The van der Waals surface area contributed by atoms with Crippen LogP contribution in [0.5, 0.6) is 0 Å². The zero-order valence-corrected chi connectivity index (χ0v) is 19.1. The largest absolute Gasteiger partial charge is 0.416 e. The average Bonchev–Trinajstić information content (AvgIpc) is 3.32. The molecule has 0 bridgehead atoms. The van der Waals surface area contributed by atoms with E-state index in [0.717, 1.165) is 44.1 Å². The first-order valence-corrected chi connectivity index (χ1v) is 12.5. The first-order valence-electron chi connectivity index (χ1n) is 11.0. The van der Waals surface area contributed by atoms with Crippen LogP contribution in [-0.4, -0.2) is 87.3 Å². The molecule has 3 rings (SSSR count). The topological polar surface area (TPSA) is 90.0 Å². The molecule has 12 heteroatoms. The van der Waals surface area contributed by atoms with E-state index < -0.39 is 26.7 Å². The number of benzene rings is 1. The van der Waals surface area contributed by atoms with Crippen LogP contribution < -0.4 is 4.72 Å². The van der Waals surface area contributed by atoms with Crippen LogP contribution >= 0.6 is 0 Å². The third-order valence-corrected chi connectivity index (χ3v) is 7.33. The first kappa shape index (κ1) is 25.4. The number of rotatable bonds is 8. The average molecular weight is 491 g/mol. The molecule has 0 atom stereocenters. The SMILES string of the molecule is O=C(CCCNS(=O)(=O)c1cccc(C(F)(F)F)c1)N1CCN(CC(=O)N2CCCC2)CC1. The highest BCUT2D eigenvalue weighted by Gasteiger charge is 2.31. The van der Waals surface area contributed by atoms with Gasteiger partial charge < -0.3 is 9.80 Å². The van der Waals surface area contributed by atoms with Gasteiger partial charge in [0.25, 0.3) is 0 Å². The maximum absolute atomic E-state index is 12.8. The second kappa shape index (κ2) is 10.8. The monoisotopic (exact) mass is 490 g/mol. The Morgan fingerprint density at radius 2 is 1.58 bits per heavy atom. The zero-order valence-electron chi connectivity index (χ0n) is 18.3. The summed E-state index contributed by atoms with van der Waals surface area (Å²) in [7, 11) is -4.11. The molecule has 1 aromatic rings. The lowest BCUT2D eigenvalue weighted by Crippen LogP contribution is -2.51. The molecule has 2 amide bonds. The number of piperazine rings is 1. The quantitative estimate of drug-likeness (QED) is 0.559. The minimum atomic E-state index is -4.64. The molecule has 2 saturated heterocycles. The molecule has 0 unspecified atom stereocenters. The van der Waals surface area contributed by atoms with Gasteiger partial charge >= 0.3 is 6.18 Å². The number of amides is 2. The molecule has 0 aliphatic carbocycles. The molecular weight excluding hydrogens is 461 g/mol. The number of likely N-dealkylation sites (tertiary alicyclic amines) is 1. The van der Waals surface area contributed by atoms with Crippen molar-refractivity contribution in [1.29, 1.82) is 0 Å². The second-order valence-corrected chi connectivity index (χ2v) is 10.0. The van der Waals surface area contributed by atoms with Crippen LogP contribution in [-0.2, 0) is 25.8 Å². The number of hydrogen-bond acceptors (Lipinski definition) is 5. The summed E-state index contributed by atoms with van der Waals surface area (Å²) in [6.45, 7) is 4.14. The van der Waals surface area contributed by atoms with Crippen molar-refractivity contribution in [3.63, 3.8) is 0 Å². The summed E-state index contributed by atoms with van der Waals surface area (Å²) in [5, 5.41) is 0. The molecule has 2 aliphatic heterocycles. The van der Waals surface area contributed by atoms with Crippen LogP contribution in [0.4, 0.5) is 13.2 Å². The first-order chi connectivity index (χ1) is 15.6. The molecule has 0 aromatic heterocycles. The van der Waals surface area contributed by atoms with Gasteiger partial charge in [-0.15, -0.1) is 0 Å². The van der Waals surface area contributed by atoms with Crippen molar-refractivity contribution >= 4 is 21.8 Å². The third kappa shape index (κ3) is 7.15. The highest BCUT2D eigenvalue weighted by molar-refractivity contribution is 7.89. The minimum absolute atomic E-state index is 0.0609. The maximum Gasteiger partial charge on any atom is 0.416 e. The summed E-state index contributed by atoms with van der Waals surface area (Å²) in [6, 6.07) is 3.52. The van der Waals surface area contributed by atoms with E-state index in [1.54, 1.807) is 4.90 Å². The van der Waals surface area contributed by atoms with Gasteiger partial charge in [0.2, 0.25) is 21.8 Å². The standard InChI is InChI=1S/C21H29F3N4O4S/c22-21(23,24)17-5-3-6-18(15-17)33(31,32)25-8-4-7-19(29)28-13-11-26(12-14-28)16-20(30)27-9-1-2-10-27/h3,5-6,15,25H,1-2,4,7-14,16H2. The lowest BCUT2D eigenvalue weighted by atomic mass is 10.2. The Balaban J connectivity index is 1.38. The Bertz CT molecular complexity index is 941. The van der Waals surface area contributed by atoms with Crippen LogP contribution in [0.25, 0.3) is 0 Å². The van der Waals surface area contributed by atoms with E-state index in [0.29, 0.717) is 38.8 Å². The van der Waals surface area contributed by atoms with Crippen molar-refractivity contribution in [2.45, 2.75) is 36.8 Å². The molecule has 0 radical (unpaired) electrons. The van der Waals surface area contributed by atoms with Gasteiger partial charge in [0.15, 0.2) is 0 Å². The Morgan fingerprint density at radius 1 is 0.939 bits per heavy atom. The molecule has 8 nitrogen and oxygen atoms in total. The van der Waals surface area contributed by atoms with Gasteiger partial charge in [-0.1, -0.05) is 6.07 Å². The smallest absolute Gasteiger partial charge is 0.342 e. The summed E-state index contributed by atoms with van der Waals surface area (Å²) in [6.07, 6.45) is -2.19. The highest BCUT2D eigenvalue weighted by atomic mass is 32.2. The maximum atomic E-state index is 12.8. The second-order valence-electron chi connectivity index (χ2n) is 8.27. The molecule has 184 valence electrons. The van der Waals surface area contributed by atoms with Crippen molar-refractivity contribution in [3.8, 4) is 0 Å². The Labute approximate surface area is 191 Å². The van der Waals surface area contributed by atoms with Crippen LogP contribution in [0.2, 0.25) is 0 Å². The van der Waals surface area contributed by atoms with Crippen LogP contribution in [0.15, 0.2) is 29.2 Å². The van der Waals surface area contributed by atoms with E-state index in [9.17, 15) is 31.2 Å². The molecule has 33 heavy (non-hydrogen) atoms. The molecular formula is C21H29F3N4O4S. The van der Waals surface area contributed by atoms with Crippen molar-refractivity contribution in [3.05, 3.63) is 29.8 Å². The number of hydrogen-bond donors (Lipinski definition) is 1. The van der Waals surface area contributed by atoms with E-state index in [2.05, 4.69) is 4.72 Å². The fourth-order valence-electron chi connectivity index (χ4n) is 3.94. The van der Waals surface area contributed by atoms with Crippen LogP contribution in [0.1, 0.15) is 31.2 Å². The van der Waals surface area contributed by atoms with Gasteiger partial charge in [-0.3, -0.25) is 14.5 Å². The fraction of sp³-hybridized carbons (Fsp3) is 0.619. The van der Waals surface area contributed by atoms with E-state index in [4.69, 9.17) is 0 Å². The van der Waals surface area contributed by atoms with E-state index in [1.807, 2.05) is 9.80 Å². The van der Waals surface area contributed by atoms with E-state index in [-0.39, 0.29) is 31.2 Å². The Kier molecular flexibility index (Phi) is 8.35. The van der Waals surface area contributed by atoms with Crippen molar-refractivity contribution in [1.82, 2.24) is 19.4 Å². The molecule has 0 spiro atoms. The molecule has 2 heterocycles. The van der Waals surface area contributed by atoms with Gasteiger partial charge in [-0.05, 0) is 37.5 Å². The summed E-state index contributed by atoms with van der Waals surface area (Å²) in [5.41, 5.74) is -1.04. The van der Waals surface area contributed by atoms with Gasteiger partial charge in [0.05, 0.1) is 17.0 Å². The van der Waals surface area contributed by atoms with Crippen molar-refractivity contribution in [2.24, 2.45) is 0 Å². The molecule has 0 saturated carbocycles. The number of nitrogens with zero attached hydrogens (tertiary/aromatic N) is 3. The lowest BCUT2D eigenvalue weighted by Gasteiger charge is -2.35. The number of halogens is 3. The lowest BCUT2D eigenvalue weighted by molar-refractivity contribution is -0.138. The van der Waals surface area contributed by atoms with Gasteiger partial charge in [-0.2, -0.15) is 13.2 Å². The van der Waals surface area contributed by atoms with Gasteiger partial charge in [0.1, 0.15) is 0 Å². The number of carbonyl (C=O) groups excluding carboxylic acids is 2. The van der Waals surface area contributed by atoms with E-state index >= 15 is 0 Å². The predicted molar refractivity (Wildman–Crippen MR) is 115 cm³/mol. The summed E-state index contributed by atoms with van der Waals surface area (Å²) < 4.78 is 65.2. The van der Waals surface area contributed by atoms with Gasteiger partial charge in [0, 0.05) is 52.2 Å². The predicted octanol–water partition coefficient (Wildman–Crippen LogP) is 1.53. The number of carbonyl (C=O) groups is 2. The number of alkyl halides is 3. The minimum Gasteiger partial charge on any atom is -0.342 e. The number of nitrogens with one attached hydrogen (secondary N) is 1. The normalized spacial score (nSPS) is 18.0. The molecule has 1 aromatic carbocycles. The van der Waals surface area contributed by atoms with Crippen LogP contribution in [0.3, 0.4) is 0 Å². The Morgan fingerprint density at radius 3 is 2.21 bits per heavy atom. The van der Waals surface area contributed by atoms with Crippen molar-refractivity contribution < 1.29 is 31.2 Å². The zero-order chi connectivity index (χ0) is 24.1. The van der Waals surface area contributed by atoms with Gasteiger partial charge in [-0.25, -0.2) is 13.1 Å². The summed E-state index contributed by atoms with van der Waals surface area (Å²) >= 11 is 0. The Hall–Kier alpha value is -2.18. The van der Waals surface area contributed by atoms with Crippen molar-refractivity contribution in [2.75, 3.05) is 52.4 Å². The van der Waals surface area contributed by atoms with Crippen LogP contribution in [0, 0.1) is 0 Å². The molecule has 2 aliphatic rings. The molecule has 1 N–H and O–H groups in total. The van der Waals surface area contributed by atoms with E-state index in [1.165, 1.54) is 0 Å².